The number of rotatable bonds is 3. The van der Waals surface area contributed by atoms with Crippen LogP contribution in [0, 0.1) is 0 Å². The van der Waals surface area contributed by atoms with E-state index >= 15 is 0 Å². The molecule has 0 radical (unpaired) electrons. The Balaban J connectivity index is 1.73. The number of hydrogen-bond acceptors (Lipinski definition) is 2. The van der Waals surface area contributed by atoms with Gasteiger partial charge in [0.25, 0.3) is 0 Å². The van der Waals surface area contributed by atoms with Crippen LogP contribution in [-0.4, -0.2) is 18.3 Å². The minimum absolute atomic E-state index is 0.0180. The molecule has 1 heterocycles. The number of hydrogen-bond donors (Lipinski definition) is 0. The third-order valence-electron chi connectivity index (χ3n) is 5.50. The van der Waals surface area contributed by atoms with Crippen molar-refractivity contribution in [2.75, 3.05) is 11.4 Å². The molecular weight excluding hydrogens is 364 g/mol. The van der Waals surface area contributed by atoms with Crippen molar-refractivity contribution in [3.05, 3.63) is 76.8 Å². The van der Waals surface area contributed by atoms with E-state index in [2.05, 4.69) is 86.1 Å². The van der Waals surface area contributed by atoms with Crippen LogP contribution in [0.15, 0.2) is 65.7 Å². The van der Waals surface area contributed by atoms with E-state index in [-0.39, 0.29) is 5.54 Å². The van der Waals surface area contributed by atoms with Crippen LogP contribution < -0.4 is 4.90 Å². The van der Waals surface area contributed by atoms with Gasteiger partial charge < -0.3 is 4.90 Å². The second-order valence-electron chi connectivity index (χ2n) is 7.91. The molecule has 0 aromatic heterocycles. The van der Waals surface area contributed by atoms with Gasteiger partial charge in [-0.25, -0.2) is 0 Å². The van der Waals surface area contributed by atoms with Gasteiger partial charge in [-0.15, -0.1) is 0 Å². The fourth-order valence-electron chi connectivity index (χ4n) is 4.19. The van der Waals surface area contributed by atoms with Gasteiger partial charge in [0.1, 0.15) is 0 Å². The molecule has 0 atom stereocenters. The highest BCUT2D eigenvalue weighted by atomic mass is 35.5. The fourth-order valence-corrected chi connectivity index (χ4v) is 4.40. The third kappa shape index (κ3) is 3.33. The molecule has 0 fully saturated rings. The van der Waals surface area contributed by atoms with Gasteiger partial charge in [-0.1, -0.05) is 48.0 Å². The first-order chi connectivity index (χ1) is 13.4. The second kappa shape index (κ2) is 7.10. The van der Waals surface area contributed by atoms with Crippen LogP contribution in [0.1, 0.15) is 38.8 Å². The lowest BCUT2D eigenvalue weighted by Crippen LogP contribution is -2.44. The fraction of sp³-hybridized carbons (Fsp3) is 0.240. The molecule has 3 aromatic rings. The number of benzene rings is 3. The predicted octanol–water partition coefficient (Wildman–Crippen LogP) is 7.27. The highest BCUT2D eigenvalue weighted by Gasteiger charge is 2.30. The molecule has 2 nitrogen and oxygen atoms in total. The topological polar surface area (TPSA) is 15.6 Å². The van der Waals surface area contributed by atoms with Crippen molar-refractivity contribution in [3.8, 4) is 0 Å². The molecule has 0 amide bonds. The van der Waals surface area contributed by atoms with Crippen LogP contribution in [-0.2, 0) is 0 Å². The third-order valence-corrected chi connectivity index (χ3v) is 5.83. The molecule has 0 saturated heterocycles. The molecule has 1 aliphatic rings. The van der Waals surface area contributed by atoms with Gasteiger partial charge >= 0.3 is 0 Å². The minimum atomic E-state index is -0.0180. The molecule has 3 heteroatoms. The number of fused-ring (bicyclic) bond motifs is 2. The van der Waals surface area contributed by atoms with Crippen molar-refractivity contribution in [2.45, 2.75) is 33.2 Å². The average Bonchev–Trinajstić information content (AvgIpc) is 2.66. The number of likely N-dealkylation sites (N-methyl/N-ethyl adjacent to an activating group) is 1. The van der Waals surface area contributed by atoms with Crippen LogP contribution in [0.2, 0.25) is 5.02 Å². The maximum Gasteiger partial charge on any atom is 0.0636 e. The molecule has 1 aliphatic heterocycles. The molecule has 0 aliphatic carbocycles. The van der Waals surface area contributed by atoms with E-state index < -0.39 is 0 Å². The lowest BCUT2D eigenvalue weighted by molar-refractivity contribution is 0.566. The Labute approximate surface area is 172 Å². The summed E-state index contributed by atoms with van der Waals surface area (Å²) in [5, 5.41) is 3.14. The SMILES string of the molecule is CCN1c2cc(Cl)c(C=Nc3ccc4ccccc4c3)cc2C(C)=CC1(C)C. The van der Waals surface area contributed by atoms with E-state index in [0.29, 0.717) is 0 Å². The highest BCUT2D eigenvalue weighted by Crippen LogP contribution is 2.41. The van der Waals surface area contributed by atoms with Crippen LogP contribution in [0.5, 0.6) is 0 Å². The van der Waals surface area contributed by atoms with Crippen molar-refractivity contribution < 1.29 is 0 Å². The summed E-state index contributed by atoms with van der Waals surface area (Å²) in [5.74, 6) is 0. The number of halogens is 1. The molecule has 3 aromatic carbocycles. The summed E-state index contributed by atoms with van der Waals surface area (Å²) >= 11 is 6.65. The Kier molecular flexibility index (Phi) is 4.76. The van der Waals surface area contributed by atoms with Crippen molar-refractivity contribution >= 4 is 45.5 Å². The quantitative estimate of drug-likeness (QED) is 0.431. The molecular formula is C25H25ClN2. The van der Waals surface area contributed by atoms with Crippen molar-refractivity contribution in [2.24, 2.45) is 4.99 Å². The minimum Gasteiger partial charge on any atom is -0.363 e. The van der Waals surface area contributed by atoms with Gasteiger partial charge in [0, 0.05) is 29.6 Å². The van der Waals surface area contributed by atoms with Crippen LogP contribution >= 0.6 is 11.6 Å². The smallest absolute Gasteiger partial charge is 0.0636 e. The molecule has 0 N–H and O–H groups in total. The van der Waals surface area contributed by atoms with E-state index in [4.69, 9.17) is 11.6 Å². The van der Waals surface area contributed by atoms with Gasteiger partial charge in [0.2, 0.25) is 0 Å². The average molecular weight is 389 g/mol. The zero-order valence-electron chi connectivity index (χ0n) is 16.8. The van der Waals surface area contributed by atoms with Crippen LogP contribution in [0.3, 0.4) is 0 Å². The van der Waals surface area contributed by atoms with E-state index in [0.717, 1.165) is 22.8 Å². The molecule has 0 bridgehead atoms. The standard InChI is InChI=1S/C25H25ClN2/c1-5-28-24-14-23(26)20(13-22(24)17(2)15-25(28,3)4)16-27-21-11-10-18-8-6-7-9-19(18)12-21/h6-16H,5H2,1-4H3. The van der Waals surface area contributed by atoms with Gasteiger partial charge in [-0.2, -0.15) is 0 Å². The lowest BCUT2D eigenvalue weighted by Gasteiger charge is -2.43. The normalized spacial score (nSPS) is 15.8. The number of anilines is 1. The summed E-state index contributed by atoms with van der Waals surface area (Å²) in [5.41, 5.74) is 5.55. The Hall–Kier alpha value is -2.58. The Morgan fingerprint density at radius 1 is 1.04 bits per heavy atom. The van der Waals surface area contributed by atoms with E-state index in [9.17, 15) is 0 Å². The Morgan fingerprint density at radius 2 is 1.79 bits per heavy atom. The Morgan fingerprint density at radius 3 is 2.54 bits per heavy atom. The molecule has 28 heavy (non-hydrogen) atoms. The van der Waals surface area contributed by atoms with E-state index in [1.54, 1.807) is 0 Å². The molecule has 4 rings (SSSR count). The summed E-state index contributed by atoms with van der Waals surface area (Å²) in [4.78, 5) is 7.08. The summed E-state index contributed by atoms with van der Waals surface area (Å²) in [7, 11) is 0. The number of allylic oxidation sites excluding steroid dienone is 1. The second-order valence-corrected chi connectivity index (χ2v) is 8.31. The monoisotopic (exact) mass is 388 g/mol. The maximum absolute atomic E-state index is 6.65. The lowest BCUT2D eigenvalue weighted by atomic mass is 9.88. The first-order valence-electron chi connectivity index (χ1n) is 9.73. The highest BCUT2D eigenvalue weighted by molar-refractivity contribution is 6.33. The first kappa shape index (κ1) is 18.8. The van der Waals surface area contributed by atoms with Crippen molar-refractivity contribution in [1.82, 2.24) is 0 Å². The summed E-state index contributed by atoms with van der Waals surface area (Å²) in [6.45, 7) is 9.78. The predicted molar refractivity (Wildman–Crippen MR) is 123 cm³/mol. The van der Waals surface area contributed by atoms with Crippen LogP contribution in [0.25, 0.3) is 16.3 Å². The molecule has 0 spiro atoms. The van der Waals surface area contributed by atoms with E-state index in [1.807, 2.05) is 18.3 Å². The van der Waals surface area contributed by atoms with Crippen molar-refractivity contribution in [1.29, 1.82) is 0 Å². The number of aliphatic imine (C=N–C) groups is 1. The van der Waals surface area contributed by atoms with Crippen LogP contribution in [0.4, 0.5) is 11.4 Å². The summed E-state index contributed by atoms with van der Waals surface area (Å²) < 4.78 is 0. The summed E-state index contributed by atoms with van der Waals surface area (Å²) in [6.07, 6.45) is 4.20. The largest absolute Gasteiger partial charge is 0.363 e. The van der Waals surface area contributed by atoms with E-state index in [1.165, 1.54) is 27.6 Å². The summed E-state index contributed by atoms with van der Waals surface area (Å²) in [6, 6.07) is 18.8. The molecule has 142 valence electrons. The van der Waals surface area contributed by atoms with Gasteiger partial charge in [0.15, 0.2) is 0 Å². The molecule has 0 unspecified atom stereocenters. The van der Waals surface area contributed by atoms with Gasteiger partial charge in [-0.05, 0) is 68.3 Å². The first-order valence-corrected chi connectivity index (χ1v) is 10.1. The zero-order chi connectivity index (χ0) is 19.9. The van der Waals surface area contributed by atoms with Gasteiger partial charge in [-0.3, -0.25) is 4.99 Å². The Bertz CT molecular complexity index is 1110. The zero-order valence-corrected chi connectivity index (χ0v) is 17.6. The maximum atomic E-state index is 6.65. The van der Waals surface area contributed by atoms with Gasteiger partial charge in [0.05, 0.1) is 16.2 Å². The molecule has 0 saturated carbocycles. The number of nitrogens with zero attached hydrogens (tertiary/aromatic N) is 2. The van der Waals surface area contributed by atoms with Crippen molar-refractivity contribution in [3.63, 3.8) is 0 Å².